The van der Waals surface area contributed by atoms with E-state index in [1.165, 1.54) is 12.8 Å². The molecule has 1 aliphatic carbocycles. The van der Waals surface area contributed by atoms with Crippen molar-refractivity contribution in [2.45, 2.75) is 26.7 Å². The van der Waals surface area contributed by atoms with Gasteiger partial charge in [-0.05, 0) is 42.6 Å². The summed E-state index contributed by atoms with van der Waals surface area (Å²) >= 11 is 0. The first-order valence-electron chi connectivity index (χ1n) is 5.45. The van der Waals surface area contributed by atoms with Gasteiger partial charge in [-0.1, -0.05) is 13.8 Å². The van der Waals surface area contributed by atoms with Crippen LogP contribution in [0, 0.1) is 23.2 Å². The fraction of sp³-hybridized carbons (Fsp3) is 1.00. The second kappa shape index (κ2) is 3.25. The highest BCUT2D eigenvalue weighted by Crippen LogP contribution is 2.62. The van der Waals surface area contributed by atoms with Gasteiger partial charge in [0.25, 0.3) is 0 Å². The molecule has 2 heteroatoms. The summed E-state index contributed by atoms with van der Waals surface area (Å²) < 4.78 is 5.38. The van der Waals surface area contributed by atoms with Crippen LogP contribution in [0.25, 0.3) is 0 Å². The summed E-state index contributed by atoms with van der Waals surface area (Å²) in [6.07, 6.45) is 2.51. The Hall–Kier alpha value is -0.0800. The van der Waals surface area contributed by atoms with Crippen molar-refractivity contribution < 1.29 is 4.74 Å². The third-order valence-electron chi connectivity index (χ3n) is 4.17. The van der Waals surface area contributed by atoms with E-state index in [0.717, 1.165) is 37.5 Å². The third kappa shape index (κ3) is 1.50. The summed E-state index contributed by atoms with van der Waals surface area (Å²) in [7, 11) is 0. The van der Waals surface area contributed by atoms with Crippen molar-refractivity contribution in [3.05, 3.63) is 0 Å². The van der Waals surface area contributed by atoms with Crippen molar-refractivity contribution in [2.24, 2.45) is 28.9 Å². The first-order valence-corrected chi connectivity index (χ1v) is 5.45. The molecule has 0 amide bonds. The van der Waals surface area contributed by atoms with Gasteiger partial charge in [0.2, 0.25) is 0 Å². The molecule has 2 nitrogen and oxygen atoms in total. The molecule has 1 heterocycles. The second-order valence-electron chi connectivity index (χ2n) is 5.14. The van der Waals surface area contributed by atoms with Gasteiger partial charge in [-0.3, -0.25) is 0 Å². The van der Waals surface area contributed by atoms with E-state index in [2.05, 4.69) is 13.8 Å². The molecule has 13 heavy (non-hydrogen) atoms. The Morgan fingerprint density at radius 1 is 1.31 bits per heavy atom. The van der Waals surface area contributed by atoms with Gasteiger partial charge in [0.05, 0.1) is 0 Å². The van der Waals surface area contributed by atoms with Gasteiger partial charge in [0, 0.05) is 13.2 Å². The van der Waals surface area contributed by atoms with Crippen LogP contribution in [0.2, 0.25) is 0 Å². The van der Waals surface area contributed by atoms with Crippen LogP contribution >= 0.6 is 0 Å². The molecule has 2 atom stereocenters. The zero-order valence-electron chi connectivity index (χ0n) is 8.75. The summed E-state index contributed by atoms with van der Waals surface area (Å²) in [6, 6.07) is 0. The highest BCUT2D eigenvalue weighted by molar-refractivity contribution is 5.07. The first-order chi connectivity index (χ1) is 6.18. The lowest BCUT2D eigenvalue weighted by Crippen LogP contribution is -2.19. The maximum atomic E-state index is 5.78. The van der Waals surface area contributed by atoms with E-state index >= 15 is 0 Å². The van der Waals surface area contributed by atoms with Crippen LogP contribution in [0.4, 0.5) is 0 Å². The number of hydrogen-bond acceptors (Lipinski definition) is 2. The standard InChI is InChI=1S/C11H21NO/c1-11(2)9(7-12)10(11)8-3-5-13-6-4-8/h8-10H,3-7,12H2,1-2H3. The van der Waals surface area contributed by atoms with Crippen LogP contribution in [0.3, 0.4) is 0 Å². The van der Waals surface area contributed by atoms with E-state index < -0.39 is 0 Å². The molecule has 0 radical (unpaired) electrons. The van der Waals surface area contributed by atoms with Gasteiger partial charge in [-0.15, -0.1) is 0 Å². The Labute approximate surface area is 80.8 Å². The fourth-order valence-corrected chi connectivity index (χ4v) is 3.25. The molecule has 1 aliphatic heterocycles. The Morgan fingerprint density at radius 2 is 1.92 bits per heavy atom. The van der Waals surface area contributed by atoms with Crippen molar-refractivity contribution in [2.75, 3.05) is 19.8 Å². The maximum absolute atomic E-state index is 5.78. The van der Waals surface area contributed by atoms with Gasteiger partial charge in [-0.25, -0.2) is 0 Å². The smallest absolute Gasteiger partial charge is 0.0468 e. The molecule has 0 aromatic heterocycles. The zero-order chi connectivity index (χ0) is 9.47. The summed E-state index contributed by atoms with van der Waals surface area (Å²) in [4.78, 5) is 0. The topological polar surface area (TPSA) is 35.2 Å². The Morgan fingerprint density at radius 3 is 2.38 bits per heavy atom. The average Bonchev–Trinajstić information content (AvgIpc) is 2.69. The minimum Gasteiger partial charge on any atom is -0.381 e. The van der Waals surface area contributed by atoms with E-state index in [1.54, 1.807) is 0 Å². The normalized spacial score (nSPS) is 39.0. The van der Waals surface area contributed by atoms with Crippen LogP contribution in [0.1, 0.15) is 26.7 Å². The van der Waals surface area contributed by atoms with Gasteiger partial charge in [0.1, 0.15) is 0 Å². The molecule has 2 rings (SSSR count). The monoisotopic (exact) mass is 183 g/mol. The molecule has 2 fully saturated rings. The summed E-state index contributed by atoms with van der Waals surface area (Å²) in [5.41, 5.74) is 6.29. The lowest BCUT2D eigenvalue weighted by atomic mass is 9.90. The molecule has 76 valence electrons. The molecular formula is C11H21NO. The largest absolute Gasteiger partial charge is 0.381 e. The van der Waals surface area contributed by atoms with Crippen LogP contribution in [-0.2, 0) is 4.74 Å². The Balaban J connectivity index is 1.94. The Bertz CT molecular complexity index is 185. The predicted octanol–water partition coefficient (Wildman–Crippen LogP) is 1.64. The second-order valence-corrected chi connectivity index (χ2v) is 5.14. The molecular weight excluding hydrogens is 162 g/mol. The lowest BCUT2D eigenvalue weighted by Gasteiger charge is -2.23. The van der Waals surface area contributed by atoms with Crippen molar-refractivity contribution >= 4 is 0 Å². The van der Waals surface area contributed by atoms with E-state index in [0.29, 0.717) is 5.41 Å². The van der Waals surface area contributed by atoms with Gasteiger partial charge >= 0.3 is 0 Å². The van der Waals surface area contributed by atoms with E-state index in [9.17, 15) is 0 Å². The number of ether oxygens (including phenoxy) is 1. The minimum atomic E-state index is 0.511. The zero-order valence-corrected chi connectivity index (χ0v) is 8.75. The molecule has 2 unspecified atom stereocenters. The summed E-state index contributed by atoms with van der Waals surface area (Å²) in [5, 5.41) is 0. The molecule has 0 aromatic carbocycles. The highest BCUT2D eigenvalue weighted by atomic mass is 16.5. The molecule has 0 aromatic rings. The third-order valence-corrected chi connectivity index (χ3v) is 4.17. The number of rotatable bonds is 2. The SMILES string of the molecule is CC1(C)C(CN)C1C1CCOCC1. The van der Waals surface area contributed by atoms with Gasteiger partial charge < -0.3 is 10.5 Å². The number of nitrogens with two attached hydrogens (primary N) is 1. The lowest BCUT2D eigenvalue weighted by molar-refractivity contribution is 0.0551. The molecule has 2 aliphatic rings. The number of hydrogen-bond donors (Lipinski definition) is 1. The van der Waals surface area contributed by atoms with Crippen LogP contribution in [-0.4, -0.2) is 19.8 Å². The van der Waals surface area contributed by atoms with Crippen LogP contribution in [0.5, 0.6) is 0 Å². The Kier molecular flexibility index (Phi) is 2.37. The van der Waals surface area contributed by atoms with Gasteiger partial charge in [0.15, 0.2) is 0 Å². The predicted molar refractivity (Wildman–Crippen MR) is 53.4 cm³/mol. The minimum absolute atomic E-state index is 0.511. The molecule has 0 spiro atoms. The average molecular weight is 183 g/mol. The maximum Gasteiger partial charge on any atom is 0.0468 e. The van der Waals surface area contributed by atoms with Crippen molar-refractivity contribution in [1.82, 2.24) is 0 Å². The van der Waals surface area contributed by atoms with E-state index in [4.69, 9.17) is 10.5 Å². The molecule has 0 bridgehead atoms. The van der Waals surface area contributed by atoms with Crippen molar-refractivity contribution in [1.29, 1.82) is 0 Å². The quantitative estimate of drug-likeness (QED) is 0.706. The molecule has 2 N–H and O–H groups in total. The highest BCUT2D eigenvalue weighted by Gasteiger charge is 2.59. The first kappa shape index (κ1) is 9.47. The molecule has 1 saturated heterocycles. The molecule has 1 saturated carbocycles. The van der Waals surface area contributed by atoms with E-state index in [1.807, 2.05) is 0 Å². The van der Waals surface area contributed by atoms with E-state index in [-0.39, 0.29) is 0 Å². The van der Waals surface area contributed by atoms with Crippen LogP contribution in [0.15, 0.2) is 0 Å². The fourth-order valence-electron chi connectivity index (χ4n) is 3.25. The van der Waals surface area contributed by atoms with Crippen molar-refractivity contribution in [3.63, 3.8) is 0 Å². The summed E-state index contributed by atoms with van der Waals surface area (Å²) in [6.45, 7) is 7.54. The van der Waals surface area contributed by atoms with Gasteiger partial charge in [-0.2, -0.15) is 0 Å². The van der Waals surface area contributed by atoms with Crippen LogP contribution < -0.4 is 5.73 Å². The van der Waals surface area contributed by atoms with Crippen molar-refractivity contribution in [3.8, 4) is 0 Å². The summed E-state index contributed by atoms with van der Waals surface area (Å²) in [5.74, 6) is 2.54.